The Morgan fingerprint density at radius 1 is 1.08 bits per heavy atom. The highest BCUT2D eigenvalue weighted by Gasteiger charge is 2.23. The minimum absolute atomic E-state index is 0.0727. The predicted molar refractivity (Wildman–Crippen MR) is 92.9 cm³/mol. The molecule has 1 aliphatic heterocycles. The molecule has 0 atom stereocenters. The number of pyridine rings is 1. The van der Waals surface area contributed by atoms with Gasteiger partial charge in [-0.2, -0.15) is 0 Å². The van der Waals surface area contributed by atoms with Gasteiger partial charge in [0.1, 0.15) is 5.69 Å². The first-order valence-corrected chi connectivity index (χ1v) is 8.87. The van der Waals surface area contributed by atoms with Crippen LogP contribution in [0, 0.1) is 0 Å². The van der Waals surface area contributed by atoms with Crippen LogP contribution in [-0.2, 0) is 6.54 Å². The maximum absolute atomic E-state index is 12.5. The highest BCUT2D eigenvalue weighted by molar-refractivity contribution is 7.09. The number of aromatic nitrogens is 1. The van der Waals surface area contributed by atoms with Gasteiger partial charge in [0.2, 0.25) is 0 Å². The Morgan fingerprint density at radius 2 is 1.92 bits per heavy atom. The van der Waals surface area contributed by atoms with Crippen LogP contribution in [0.1, 0.15) is 21.8 Å². The summed E-state index contributed by atoms with van der Waals surface area (Å²) in [5.74, 6) is -0.0727. The van der Waals surface area contributed by atoms with Gasteiger partial charge in [-0.05, 0) is 30.0 Å². The number of carbonyl (C=O) groups is 2. The maximum Gasteiger partial charge on any atom is 0.317 e. The standard InChI is InChI=1S/C17H20N4O2S/c22-16(15-6-1-2-7-18-15)20-8-4-9-21(11-10-20)17(23)19-13-14-5-3-12-24-14/h1-3,5-7,12H,4,8-11,13H2,(H,19,23). The molecule has 1 saturated heterocycles. The molecule has 3 amide bonds. The molecule has 3 rings (SSSR count). The molecule has 0 saturated carbocycles. The molecule has 3 heterocycles. The van der Waals surface area contributed by atoms with Crippen LogP contribution in [0.4, 0.5) is 4.79 Å². The molecule has 126 valence electrons. The topological polar surface area (TPSA) is 65.5 Å². The van der Waals surface area contributed by atoms with E-state index in [9.17, 15) is 9.59 Å². The number of thiophene rings is 1. The van der Waals surface area contributed by atoms with E-state index in [0.29, 0.717) is 38.4 Å². The second-order valence-corrected chi connectivity index (χ2v) is 6.62. The summed E-state index contributed by atoms with van der Waals surface area (Å²) in [5.41, 5.74) is 0.452. The molecule has 1 N–H and O–H groups in total. The van der Waals surface area contributed by atoms with E-state index in [-0.39, 0.29) is 11.9 Å². The average molecular weight is 344 g/mol. The average Bonchev–Trinajstić information content (AvgIpc) is 3.02. The van der Waals surface area contributed by atoms with Gasteiger partial charge in [-0.15, -0.1) is 11.3 Å². The fourth-order valence-electron chi connectivity index (χ4n) is 2.66. The first-order chi connectivity index (χ1) is 11.7. The first-order valence-electron chi connectivity index (χ1n) is 7.99. The molecular formula is C17H20N4O2S. The Hall–Kier alpha value is -2.41. The Kier molecular flexibility index (Phi) is 5.43. The van der Waals surface area contributed by atoms with Gasteiger partial charge in [-0.1, -0.05) is 12.1 Å². The van der Waals surface area contributed by atoms with Gasteiger partial charge in [-0.25, -0.2) is 4.79 Å². The van der Waals surface area contributed by atoms with Crippen LogP contribution < -0.4 is 5.32 Å². The fourth-order valence-corrected chi connectivity index (χ4v) is 3.31. The Labute approximate surface area is 145 Å². The quantitative estimate of drug-likeness (QED) is 0.928. The van der Waals surface area contributed by atoms with Crippen molar-refractivity contribution in [3.05, 3.63) is 52.5 Å². The molecule has 0 unspecified atom stereocenters. The highest BCUT2D eigenvalue weighted by Crippen LogP contribution is 2.10. The van der Waals surface area contributed by atoms with E-state index < -0.39 is 0 Å². The van der Waals surface area contributed by atoms with Gasteiger partial charge < -0.3 is 15.1 Å². The van der Waals surface area contributed by atoms with Crippen molar-refractivity contribution in [3.63, 3.8) is 0 Å². The fraction of sp³-hybridized carbons (Fsp3) is 0.353. The number of amides is 3. The van der Waals surface area contributed by atoms with E-state index in [2.05, 4.69) is 10.3 Å². The van der Waals surface area contributed by atoms with Crippen molar-refractivity contribution in [3.8, 4) is 0 Å². The minimum atomic E-state index is -0.0736. The van der Waals surface area contributed by atoms with Crippen LogP contribution in [0.15, 0.2) is 41.9 Å². The Bertz CT molecular complexity index is 675. The van der Waals surface area contributed by atoms with E-state index in [1.54, 1.807) is 39.5 Å². The Balaban J connectivity index is 1.53. The number of nitrogens with one attached hydrogen (secondary N) is 1. The summed E-state index contributed by atoms with van der Waals surface area (Å²) in [7, 11) is 0. The zero-order chi connectivity index (χ0) is 16.8. The lowest BCUT2D eigenvalue weighted by molar-refractivity contribution is 0.0756. The van der Waals surface area contributed by atoms with Crippen molar-refractivity contribution in [2.75, 3.05) is 26.2 Å². The largest absolute Gasteiger partial charge is 0.335 e. The molecule has 2 aromatic heterocycles. The number of hydrogen-bond acceptors (Lipinski definition) is 4. The summed E-state index contributed by atoms with van der Waals surface area (Å²) in [5, 5.41) is 4.93. The SMILES string of the molecule is O=C(NCc1cccs1)N1CCCN(C(=O)c2ccccn2)CC1. The van der Waals surface area contributed by atoms with Crippen LogP contribution in [0.5, 0.6) is 0 Å². The summed E-state index contributed by atoms with van der Waals surface area (Å²) < 4.78 is 0. The Morgan fingerprint density at radius 3 is 2.67 bits per heavy atom. The van der Waals surface area contributed by atoms with Crippen molar-refractivity contribution in [1.29, 1.82) is 0 Å². The molecule has 0 radical (unpaired) electrons. The van der Waals surface area contributed by atoms with Gasteiger partial charge in [-0.3, -0.25) is 9.78 Å². The van der Waals surface area contributed by atoms with Crippen LogP contribution >= 0.6 is 11.3 Å². The summed E-state index contributed by atoms with van der Waals surface area (Å²) in [6.45, 7) is 2.91. The zero-order valence-corrected chi connectivity index (χ0v) is 14.2. The minimum Gasteiger partial charge on any atom is -0.335 e. The number of urea groups is 1. The number of carbonyl (C=O) groups excluding carboxylic acids is 2. The van der Waals surface area contributed by atoms with Crippen molar-refractivity contribution in [1.82, 2.24) is 20.1 Å². The van der Waals surface area contributed by atoms with Crippen molar-refractivity contribution < 1.29 is 9.59 Å². The van der Waals surface area contributed by atoms with Gasteiger partial charge >= 0.3 is 6.03 Å². The summed E-state index contributed by atoms with van der Waals surface area (Å²) in [4.78, 5) is 33.5. The molecule has 7 heteroatoms. The van der Waals surface area contributed by atoms with Gasteiger partial charge in [0.05, 0.1) is 6.54 Å². The molecule has 0 spiro atoms. The lowest BCUT2D eigenvalue weighted by Gasteiger charge is -2.22. The van der Waals surface area contributed by atoms with E-state index in [4.69, 9.17) is 0 Å². The lowest BCUT2D eigenvalue weighted by Crippen LogP contribution is -2.42. The molecule has 1 aliphatic rings. The summed E-state index contributed by atoms with van der Waals surface area (Å²) >= 11 is 1.62. The van der Waals surface area contributed by atoms with E-state index in [0.717, 1.165) is 11.3 Å². The molecule has 6 nitrogen and oxygen atoms in total. The molecule has 24 heavy (non-hydrogen) atoms. The monoisotopic (exact) mass is 344 g/mol. The van der Waals surface area contributed by atoms with Crippen LogP contribution in [0.2, 0.25) is 0 Å². The lowest BCUT2D eigenvalue weighted by atomic mass is 10.3. The zero-order valence-electron chi connectivity index (χ0n) is 13.4. The van der Waals surface area contributed by atoms with Gasteiger partial charge in [0, 0.05) is 37.3 Å². The number of nitrogens with zero attached hydrogens (tertiary/aromatic N) is 3. The maximum atomic E-state index is 12.5. The van der Waals surface area contributed by atoms with Crippen LogP contribution in [-0.4, -0.2) is 52.9 Å². The number of rotatable bonds is 3. The smallest absolute Gasteiger partial charge is 0.317 e. The van der Waals surface area contributed by atoms with E-state index in [1.807, 2.05) is 23.6 Å². The van der Waals surface area contributed by atoms with E-state index in [1.165, 1.54) is 0 Å². The van der Waals surface area contributed by atoms with Crippen LogP contribution in [0.3, 0.4) is 0 Å². The third-order valence-corrected chi connectivity index (χ3v) is 4.82. The van der Waals surface area contributed by atoms with Crippen molar-refractivity contribution in [2.24, 2.45) is 0 Å². The summed E-state index contributed by atoms with van der Waals surface area (Å²) in [6.07, 6.45) is 2.39. The first kappa shape index (κ1) is 16.4. The van der Waals surface area contributed by atoms with E-state index >= 15 is 0 Å². The summed E-state index contributed by atoms with van der Waals surface area (Å²) in [6, 6.07) is 9.22. The second-order valence-electron chi connectivity index (χ2n) is 5.59. The predicted octanol–water partition coefficient (Wildman–Crippen LogP) is 2.20. The normalized spacial score (nSPS) is 15.0. The van der Waals surface area contributed by atoms with Gasteiger partial charge in [0.25, 0.3) is 5.91 Å². The third kappa shape index (κ3) is 4.11. The molecule has 0 aromatic carbocycles. The van der Waals surface area contributed by atoms with Crippen LogP contribution in [0.25, 0.3) is 0 Å². The second kappa shape index (κ2) is 7.92. The van der Waals surface area contributed by atoms with Crippen molar-refractivity contribution >= 4 is 23.3 Å². The molecule has 1 fully saturated rings. The van der Waals surface area contributed by atoms with Gasteiger partial charge in [0.15, 0.2) is 0 Å². The third-order valence-electron chi connectivity index (χ3n) is 3.95. The molecule has 0 bridgehead atoms. The molecule has 2 aromatic rings. The molecule has 0 aliphatic carbocycles. The highest BCUT2D eigenvalue weighted by atomic mass is 32.1. The van der Waals surface area contributed by atoms with Crippen molar-refractivity contribution in [2.45, 2.75) is 13.0 Å². The number of hydrogen-bond donors (Lipinski definition) is 1. The molecular weight excluding hydrogens is 324 g/mol.